The molecule has 0 unspecified atom stereocenters. The lowest BCUT2D eigenvalue weighted by atomic mass is 10.2. The van der Waals surface area contributed by atoms with Crippen LogP contribution in [-0.4, -0.2) is 41.2 Å². The first-order valence-electron chi connectivity index (χ1n) is 10.0. The number of anilines is 2. The van der Waals surface area contributed by atoms with E-state index in [4.69, 9.17) is 0 Å². The minimum Gasteiger partial charge on any atom is -0.378 e. The SMILES string of the molecule is Cc1ccc(N(CC(=O)N/N=C/c2ccc(N(C)C)cc2)S(=O)(=O)c2ccccc2)cc1. The standard InChI is InChI=1S/C24H26N4O3S/c1-19-9-13-22(14-10-19)28(32(30,31)23-7-5-4-6-8-23)18-24(29)26-25-17-20-11-15-21(16-12-20)27(2)3/h4-17H,18H2,1-3H3,(H,26,29)/b25-17+. The number of amides is 1. The number of hydrogen-bond acceptors (Lipinski definition) is 5. The van der Waals surface area contributed by atoms with E-state index in [2.05, 4.69) is 10.5 Å². The number of sulfonamides is 1. The Hall–Kier alpha value is -3.65. The maximum Gasteiger partial charge on any atom is 0.264 e. The first-order chi connectivity index (χ1) is 15.3. The molecule has 1 N–H and O–H groups in total. The molecule has 1 amide bonds. The molecule has 0 saturated heterocycles. The highest BCUT2D eigenvalue weighted by Gasteiger charge is 2.26. The van der Waals surface area contributed by atoms with Gasteiger partial charge in [-0.25, -0.2) is 13.8 Å². The second-order valence-corrected chi connectivity index (χ2v) is 9.30. The molecule has 0 saturated carbocycles. The van der Waals surface area contributed by atoms with Gasteiger partial charge in [0.2, 0.25) is 0 Å². The maximum absolute atomic E-state index is 13.2. The summed E-state index contributed by atoms with van der Waals surface area (Å²) in [7, 11) is -0.0342. The van der Waals surface area contributed by atoms with Crippen LogP contribution in [0.2, 0.25) is 0 Å². The summed E-state index contributed by atoms with van der Waals surface area (Å²) in [6, 6.07) is 22.6. The fourth-order valence-electron chi connectivity index (χ4n) is 2.95. The van der Waals surface area contributed by atoms with E-state index in [0.717, 1.165) is 21.1 Å². The predicted octanol–water partition coefficient (Wildman–Crippen LogP) is 3.41. The lowest BCUT2D eigenvalue weighted by Gasteiger charge is -2.23. The van der Waals surface area contributed by atoms with E-state index >= 15 is 0 Å². The molecule has 0 radical (unpaired) electrons. The minimum atomic E-state index is -3.94. The molecule has 0 aliphatic carbocycles. The van der Waals surface area contributed by atoms with Gasteiger partial charge < -0.3 is 4.90 Å². The fourth-order valence-corrected chi connectivity index (χ4v) is 4.39. The van der Waals surface area contributed by atoms with Crippen LogP contribution < -0.4 is 14.6 Å². The second kappa shape index (κ2) is 10.1. The third-order valence-corrected chi connectivity index (χ3v) is 6.54. The topological polar surface area (TPSA) is 82.1 Å². The number of benzene rings is 3. The smallest absolute Gasteiger partial charge is 0.264 e. The van der Waals surface area contributed by atoms with Crippen molar-refractivity contribution in [2.24, 2.45) is 5.10 Å². The second-order valence-electron chi connectivity index (χ2n) is 7.44. The van der Waals surface area contributed by atoms with Crippen molar-refractivity contribution in [1.29, 1.82) is 0 Å². The van der Waals surface area contributed by atoms with Crippen molar-refractivity contribution in [1.82, 2.24) is 5.43 Å². The van der Waals surface area contributed by atoms with Gasteiger partial charge in [-0.3, -0.25) is 9.10 Å². The largest absolute Gasteiger partial charge is 0.378 e. The first kappa shape index (κ1) is 23.0. The Morgan fingerprint density at radius 2 is 1.50 bits per heavy atom. The van der Waals surface area contributed by atoms with Crippen LogP contribution in [0.15, 0.2) is 88.9 Å². The van der Waals surface area contributed by atoms with E-state index in [9.17, 15) is 13.2 Å². The number of nitrogens with one attached hydrogen (secondary N) is 1. The average Bonchev–Trinajstić information content (AvgIpc) is 2.79. The highest BCUT2D eigenvalue weighted by atomic mass is 32.2. The van der Waals surface area contributed by atoms with Crippen LogP contribution >= 0.6 is 0 Å². The molecule has 0 aliphatic rings. The zero-order chi connectivity index (χ0) is 23.1. The van der Waals surface area contributed by atoms with Crippen molar-refractivity contribution in [2.75, 3.05) is 29.8 Å². The molecule has 3 aromatic rings. The van der Waals surface area contributed by atoms with E-state index in [1.165, 1.54) is 18.3 Å². The van der Waals surface area contributed by atoms with Crippen molar-refractivity contribution < 1.29 is 13.2 Å². The summed E-state index contributed by atoms with van der Waals surface area (Å²) in [5.74, 6) is -0.550. The Bertz CT molecular complexity index is 1170. The van der Waals surface area contributed by atoms with Gasteiger partial charge in [-0.15, -0.1) is 0 Å². The Balaban J connectivity index is 1.77. The third kappa shape index (κ3) is 5.73. The van der Waals surface area contributed by atoms with E-state index in [0.29, 0.717) is 5.69 Å². The van der Waals surface area contributed by atoms with Crippen molar-refractivity contribution in [3.8, 4) is 0 Å². The van der Waals surface area contributed by atoms with Gasteiger partial charge in [0.1, 0.15) is 6.54 Å². The molecule has 166 valence electrons. The van der Waals surface area contributed by atoms with E-state index in [1.807, 2.05) is 50.2 Å². The van der Waals surface area contributed by atoms with Crippen LogP contribution in [0.5, 0.6) is 0 Å². The Morgan fingerprint density at radius 3 is 2.09 bits per heavy atom. The summed E-state index contributed by atoms with van der Waals surface area (Å²) < 4.78 is 27.6. The van der Waals surface area contributed by atoms with Crippen LogP contribution in [-0.2, 0) is 14.8 Å². The number of nitrogens with zero attached hydrogens (tertiary/aromatic N) is 3. The Morgan fingerprint density at radius 1 is 0.906 bits per heavy atom. The highest BCUT2D eigenvalue weighted by molar-refractivity contribution is 7.92. The normalized spacial score (nSPS) is 11.3. The number of carbonyl (C=O) groups excluding carboxylic acids is 1. The number of carbonyl (C=O) groups is 1. The molecular weight excluding hydrogens is 424 g/mol. The Kier molecular flexibility index (Phi) is 7.27. The zero-order valence-electron chi connectivity index (χ0n) is 18.3. The molecule has 7 nitrogen and oxygen atoms in total. The lowest BCUT2D eigenvalue weighted by molar-refractivity contribution is -0.119. The quantitative estimate of drug-likeness (QED) is 0.421. The molecule has 0 fully saturated rings. The van der Waals surface area contributed by atoms with Crippen LogP contribution in [0.3, 0.4) is 0 Å². The number of aryl methyl sites for hydroxylation is 1. The van der Waals surface area contributed by atoms with Crippen molar-refractivity contribution >= 4 is 33.5 Å². The summed E-state index contributed by atoms with van der Waals surface area (Å²) in [6.45, 7) is 1.50. The third-order valence-electron chi connectivity index (χ3n) is 4.75. The minimum absolute atomic E-state index is 0.109. The summed E-state index contributed by atoms with van der Waals surface area (Å²) in [5, 5.41) is 3.97. The van der Waals surface area contributed by atoms with Gasteiger partial charge in [-0.2, -0.15) is 5.10 Å². The van der Waals surface area contributed by atoms with Crippen LogP contribution in [0, 0.1) is 6.92 Å². The number of hydrazone groups is 1. The van der Waals surface area contributed by atoms with Gasteiger partial charge in [-0.05, 0) is 48.9 Å². The predicted molar refractivity (Wildman–Crippen MR) is 129 cm³/mol. The van der Waals surface area contributed by atoms with Crippen molar-refractivity contribution in [3.05, 3.63) is 90.0 Å². The van der Waals surface area contributed by atoms with Crippen molar-refractivity contribution in [3.63, 3.8) is 0 Å². The van der Waals surface area contributed by atoms with Gasteiger partial charge in [0.05, 0.1) is 16.8 Å². The van der Waals surface area contributed by atoms with Gasteiger partial charge in [0.15, 0.2) is 0 Å². The molecule has 0 spiro atoms. The molecule has 0 heterocycles. The molecule has 3 aromatic carbocycles. The molecule has 0 aromatic heterocycles. The maximum atomic E-state index is 13.2. The van der Waals surface area contributed by atoms with Gasteiger partial charge in [-0.1, -0.05) is 48.0 Å². The zero-order valence-corrected chi connectivity index (χ0v) is 19.1. The molecule has 3 rings (SSSR count). The molecular formula is C24H26N4O3S. The molecule has 0 atom stereocenters. The summed E-state index contributed by atoms with van der Waals surface area (Å²) >= 11 is 0. The average molecular weight is 451 g/mol. The Labute approximate surface area is 189 Å². The molecule has 8 heteroatoms. The van der Waals surface area contributed by atoms with Crippen molar-refractivity contribution in [2.45, 2.75) is 11.8 Å². The van der Waals surface area contributed by atoms with Crippen LogP contribution in [0.1, 0.15) is 11.1 Å². The van der Waals surface area contributed by atoms with E-state index in [-0.39, 0.29) is 4.90 Å². The van der Waals surface area contributed by atoms with Crippen LogP contribution in [0.4, 0.5) is 11.4 Å². The number of hydrogen-bond donors (Lipinski definition) is 1. The van der Waals surface area contributed by atoms with Gasteiger partial charge in [0, 0.05) is 19.8 Å². The molecule has 0 bridgehead atoms. The monoisotopic (exact) mass is 450 g/mol. The lowest BCUT2D eigenvalue weighted by Crippen LogP contribution is -2.39. The van der Waals surface area contributed by atoms with E-state index in [1.54, 1.807) is 42.5 Å². The summed E-state index contributed by atoms with van der Waals surface area (Å²) in [6.07, 6.45) is 1.51. The molecule has 32 heavy (non-hydrogen) atoms. The van der Waals surface area contributed by atoms with Crippen LogP contribution in [0.25, 0.3) is 0 Å². The first-order valence-corrected chi connectivity index (χ1v) is 11.4. The van der Waals surface area contributed by atoms with Gasteiger partial charge >= 0.3 is 0 Å². The molecule has 0 aliphatic heterocycles. The van der Waals surface area contributed by atoms with E-state index < -0.39 is 22.5 Å². The van der Waals surface area contributed by atoms with Gasteiger partial charge in [0.25, 0.3) is 15.9 Å². The number of rotatable bonds is 8. The summed E-state index contributed by atoms with van der Waals surface area (Å²) in [4.78, 5) is 14.7. The fraction of sp³-hybridized carbons (Fsp3) is 0.167. The highest BCUT2D eigenvalue weighted by Crippen LogP contribution is 2.23. The summed E-state index contributed by atoms with van der Waals surface area (Å²) in [5.41, 5.74) is 5.66.